The third-order valence-electron chi connectivity index (χ3n) is 4.42. The molecule has 2 aliphatic heterocycles. The summed E-state index contributed by atoms with van der Waals surface area (Å²) >= 11 is 0. The van der Waals surface area contributed by atoms with E-state index in [2.05, 4.69) is 31.0 Å². The maximum atomic E-state index is 12.3. The second-order valence-electron chi connectivity index (χ2n) is 6.92. The van der Waals surface area contributed by atoms with Gasteiger partial charge in [-0.05, 0) is 37.5 Å². The summed E-state index contributed by atoms with van der Waals surface area (Å²) in [6.07, 6.45) is 3.35. The van der Waals surface area contributed by atoms with Crippen LogP contribution in [0.3, 0.4) is 0 Å². The van der Waals surface area contributed by atoms with E-state index in [-0.39, 0.29) is 23.5 Å². The number of amides is 1. The Morgan fingerprint density at radius 2 is 2.05 bits per heavy atom. The van der Waals surface area contributed by atoms with E-state index in [1.807, 2.05) is 6.92 Å². The molecule has 1 amide bonds. The highest BCUT2D eigenvalue weighted by molar-refractivity contribution is 5.83. The van der Waals surface area contributed by atoms with Crippen molar-refractivity contribution in [3.8, 4) is 0 Å². The van der Waals surface area contributed by atoms with Crippen LogP contribution in [0.1, 0.15) is 47.0 Å². The van der Waals surface area contributed by atoms with Gasteiger partial charge in [-0.3, -0.25) is 10.1 Å². The Kier molecular flexibility index (Phi) is 4.51. The third kappa shape index (κ3) is 3.48. The van der Waals surface area contributed by atoms with Crippen molar-refractivity contribution >= 4 is 5.91 Å². The first-order valence-corrected chi connectivity index (χ1v) is 7.55. The Morgan fingerprint density at radius 1 is 1.42 bits per heavy atom. The lowest BCUT2D eigenvalue weighted by Crippen LogP contribution is -2.46. The molecule has 0 aromatic rings. The molecule has 110 valence electrons. The van der Waals surface area contributed by atoms with Gasteiger partial charge < -0.3 is 9.64 Å². The van der Waals surface area contributed by atoms with E-state index >= 15 is 0 Å². The topological polar surface area (TPSA) is 41.6 Å². The molecular weight excluding hydrogens is 240 g/mol. The normalized spacial score (nSPS) is 31.2. The Labute approximate surface area is 116 Å². The first kappa shape index (κ1) is 14.8. The molecule has 0 aliphatic carbocycles. The fourth-order valence-electron chi connectivity index (χ4n) is 3.12. The van der Waals surface area contributed by atoms with Crippen LogP contribution in [0, 0.1) is 11.3 Å². The molecule has 19 heavy (non-hydrogen) atoms. The standard InChI is InChI=1S/C15H28N2O2/c1-11(2)9-13-16-12(3)14(18)17(13)10-15(4)5-7-19-8-6-15/h11-13,16H,5-10H2,1-4H3. The van der Waals surface area contributed by atoms with E-state index in [0.717, 1.165) is 39.0 Å². The van der Waals surface area contributed by atoms with Crippen molar-refractivity contribution < 1.29 is 9.53 Å². The summed E-state index contributed by atoms with van der Waals surface area (Å²) in [6, 6.07) is -0.0350. The minimum absolute atomic E-state index is 0.0350. The lowest BCUT2D eigenvalue weighted by atomic mass is 9.81. The summed E-state index contributed by atoms with van der Waals surface area (Å²) in [4.78, 5) is 14.4. The largest absolute Gasteiger partial charge is 0.381 e. The van der Waals surface area contributed by atoms with Crippen molar-refractivity contribution in [3.63, 3.8) is 0 Å². The fourth-order valence-corrected chi connectivity index (χ4v) is 3.12. The molecule has 0 saturated carbocycles. The molecule has 4 heteroatoms. The molecule has 1 N–H and O–H groups in total. The molecule has 2 unspecified atom stereocenters. The number of nitrogens with one attached hydrogen (secondary N) is 1. The number of carbonyl (C=O) groups is 1. The molecule has 0 aromatic heterocycles. The molecule has 2 saturated heterocycles. The molecule has 2 heterocycles. The number of hydrogen-bond donors (Lipinski definition) is 1. The molecule has 2 rings (SSSR count). The van der Waals surface area contributed by atoms with Gasteiger partial charge in [-0.1, -0.05) is 20.8 Å². The molecular formula is C15H28N2O2. The molecule has 0 aromatic carbocycles. The van der Waals surface area contributed by atoms with Crippen LogP contribution < -0.4 is 5.32 Å². The van der Waals surface area contributed by atoms with E-state index in [0.29, 0.717) is 5.92 Å². The predicted octanol–water partition coefficient (Wildman–Crippen LogP) is 2.00. The highest BCUT2D eigenvalue weighted by Gasteiger charge is 2.40. The minimum Gasteiger partial charge on any atom is -0.381 e. The molecule has 2 aliphatic rings. The van der Waals surface area contributed by atoms with E-state index in [1.165, 1.54) is 0 Å². The van der Waals surface area contributed by atoms with Crippen molar-refractivity contribution in [1.82, 2.24) is 10.2 Å². The van der Waals surface area contributed by atoms with Gasteiger partial charge in [-0.25, -0.2) is 0 Å². The van der Waals surface area contributed by atoms with Crippen LogP contribution >= 0.6 is 0 Å². The predicted molar refractivity (Wildman–Crippen MR) is 75.7 cm³/mol. The van der Waals surface area contributed by atoms with Gasteiger partial charge in [0.25, 0.3) is 0 Å². The zero-order chi connectivity index (χ0) is 14.0. The molecule has 0 radical (unpaired) electrons. The fraction of sp³-hybridized carbons (Fsp3) is 0.933. The second-order valence-corrected chi connectivity index (χ2v) is 6.92. The Morgan fingerprint density at radius 3 is 2.63 bits per heavy atom. The number of hydrogen-bond acceptors (Lipinski definition) is 3. The number of carbonyl (C=O) groups excluding carboxylic acids is 1. The summed E-state index contributed by atoms with van der Waals surface area (Å²) in [6.45, 7) is 11.2. The SMILES string of the molecule is CC(C)CC1NC(C)C(=O)N1CC1(C)CCOCC1. The maximum Gasteiger partial charge on any atom is 0.240 e. The van der Waals surface area contributed by atoms with Crippen molar-refractivity contribution in [3.05, 3.63) is 0 Å². The van der Waals surface area contributed by atoms with Crippen LogP contribution in [0.2, 0.25) is 0 Å². The molecule has 2 atom stereocenters. The van der Waals surface area contributed by atoms with Crippen molar-refractivity contribution in [2.24, 2.45) is 11.3 Å². The zero-order valence-electron chi connectivity index (χ0n) is 12.7. The van der Waals surface area contributed by atoms with Crippen LogP contribution in [-0.2, 0) is 9.53 Å². The lowest BCUT2D eigenvalue weighted by molar-refractivity contribution is -0.132. The molecule has 4 nitrogen and oxygen atoms in total. The lowest BCUT2D eigenvalue weighted by Gasteiger charge is -2.39. The van der Waals surface area contributed by atoms with E-state index in [1.54, 1.807) is 0 Å². The van der Waals surface area contributed by atoms with Crippen LogP contribution in [0.5, 0.6) is 0 Å². The summed E-state index contributed by atoms with van der Waals surface area (Å²) in [7, 11) is 0. The highest BCUT2D eigenvalue weighted by atomic mass is 16.5. The van der Waals surface area contributed by atoms with Crippen molar-refractivity contribution in [2.45, 2.75) is 59.2 Å². The Hall–Kier alpha value is -0.610. The Bertz CT molecular complexity index is 324. The monoisotopic (exact) mass is 268 g/mol. The summed E-state index contributed by atoms with van der Waals surface area (Å²) < 4.78 is 5.45. The smallest absolute Gasteiger partial charge is 0.240 e. The second kappa shape index (κ2) is 5.80. The Balaban J connectivity index is 2.04. The average Bonchev–Trinajstić information content (AvgIpc) is 2.57. The van der Waals surface area contributed by atoms with Gasteiger partial charge in [0.15, 0.2) is 0 Å². The van der Waals surface area contributed by atoms with Gasteiger partial charge in [-0.15, -0.1) is 0 Å². The van der Waals surface area contributed by atoms with E-state index in [9.17, 15) is 4.79 Å². The minimum atomic E-state index is -0.0350. The number of nitrogens with zero attached hydrogens (tertiary/aromatic N) is 1. The van der Waals surface area contributed by atoms with Crippen LogP contribution in [0.25, 0.3) is 0 Å². The van der Waals surface area contributed by atoms with Gasteiger partial charge in [0.05, 0.1) is 12.2 Å². The molecule has 2 fully saturated rings. The quantitative estimate of drug-likeness (QED) is 0.848. The summed E-state index contributed by atoms with van der Waals surface area (Å²) in [5.74, 6) is 0.860. The van der Waals surface area contributed by atoms with Crippen molar-refractivity contribution in [2.75, 3.05) is 19.8 Å². The summed E-state index contributed by atoms with van der Waals surface area (Å²) in [5.41, 5.74) is 0.217. The highest BCUT2D eigenvalue weighted by Crippen LogP contribution is 2.33. The summed E-state index contributed by atoms with van der Waals surface area (Å²) in [5, 5.41) is 3.44. The van der Waals surface area contributed by atoms with Gasteiger partial charge in [0.2, 0.25) is 5.91 Å². The van der Waals surface area contributed by atoms with Crippen LogP contribution in [-0.4, -0.2) is 42.8 Å². The molecule has 0 spiro atoms. The van der Waals surface area contributed by atoms with Gasteiger partial charge in [0, 0.05) is 19.8 Å². The maximum absolute atomic E-state index is 12.3. The van der Waals surface area contributed by atoms with Crippen molar-refractivity contribution in [1.29, 1.82) is 0 Å². The average molecular weight is 268 g/mol. The van der Waals surface area contributed by atoms with E-state index < -0.39 is 0 Å². The zero-order valence-corrected chi connectivity index (χ0v) is 12.7. The van der Waals surface area contributed by atoms with E-state index in [4.69, 9.17) is 4.74 Å². The first-order valence-electron chi connectivity index (χ1n) is 7.55. The van der Waals surface area contributed by atoms with Crippen LogP contribution in [0.15, 0.2) is 0 Å². The molecule has 0 bridgehead atoms. The number of ether oxygens (including phenoxy) is 1. The first-order chi connectivity index (χ1) is 8.91. The number of rotatable bonds is 4. The van der Waals surface area contributed by atoms with Gasteiger partial charge >= 0.3 is 0 Å². The van der Waals surface area contributed by atoms with Gasteiger partial charge in [-0.2, -0.15) is 0 Å². The van der Waals surface area contributed by atoms with Gasteiger partial charge in [0.1, 0.15) is 0 Å². The third-order valence-corrected chi connectivity index (χ3v) is 4.42. The van der Waals surface area contributed by atoms with Crippen LogP contribution in [0.4, 0.5) is 0 Å².